The molecule has 0 aliphatic heterocycles. The monoisotopic (exact) mass is 466 g/mol. The largest absolute Gasteiger partial charge is 0.324 e. The number of fused-ring (bicyclic) bond motifs is 1. The molecule has 0 spiro atoms. The summed E-state index contributed by atoms with van der Waals surface area (Å²) in [7, 11) is 0. The van der Waals surface area contributed by atoms with Crippen LogP contribution in [0.25, 0.3) is 20.7 Å². The SMILES string of the molecule is N#CCSc1ccccc1NC(=O)CSc1ncnc2cc(-c3ccc(F)cc3)sc12. The van der Waals surface area contributed by atoms with E-state index in [0.29, 0.717) is 11.4 Å². The summed E-state index contributed by atoms with van der Waals surface area (Å²) in [4.78, 5) is 23.0. The zero-order valence-electron chi connectivity index (χ0n) is 16.0. The molecule has 0 saturated carbocycles. The highest BCUT2D eigenvalue weighted by Crippen LogP contribution is 2.37. The van der Waals surface area contributed by atoms with Gasteiger partial charge >= 0.3 is 0 Å². The minimum Gasteiger partial charge on any atom is -0.324 e. The van der Waals surface area contributed by atoms with Crippen molar-refractivity contribution in [3.05, 3.63) is 66.7 Å². The third kappa shape index (κ3) is 5.22. The molecule has 0 aliphatic rings. The Kier molecular flexibility index (Phi) is 6.82. The number of para-hydroxylation sites is 1. The fraction of sp³-hybridized carbons (Fsp3) is 0.0909. The number of nitriles is 1. The fourth-order valence-corrected chi connectivity index (χ4v) is 5.49. The van der Waals surface area contributed by atoms with Crippen LogP contribution in [-0.2, 0) is 4.79 Å². The van der Waals surface area contributed by atoms with Gasteiger partial charge < -0.3 is 5.32 Å². The van der Waals surface area contributed by atoms with Crippen LogP contribution in [0.2, 0.25) is 0 Å². The number of hydrogen-bond acceptors (Lipinski definition) is 7. The molecule has 31 heavy (non-hydrogen) atoms. The van der Waals surface area contributed by atoms with E-state index in [0.717, 1.165) is 30.6 Å². The van der Waals surface area contributed by atoms with Crippen molar-refractivity contribution < 1.29 is 9.18 Å². The number of nitrogens with one attached hydrogen (secondary N) is 1. The summed E-state index contributed by atoms with van der Waals surface area (Å²) >= 11 is 4.24. The number of nitrogens with zero attached hydrogens (tertiary/aromatic N) is 3. The third-order valence-corrected chi connectivity index (χ3v) is 7.44. The minimum absolute atomic E-state index is 0.155. The van der Waals surface area contributed by atoms with Crippen molar-refractivity contribution >= 4 is 56.7 Å². The number of rotatable bonds is 7. The number of thioether (sulfide) groups is 2. The first-order valence-corrected chi connectivity index (χ1v) is 11.9. The number of hydrogen-bond donors (Lipinski definition) is 1. The molecule has 0 bridgehead atoms. The van der Waals surface area contributed by atoms with Gasteiger partial charge in [0.15, 0.2) is 0 Å². The van der Waals surface area contributed by atoms with Crippen LogP contribution in [0.5, 0.6) is 0 Å². The van der Waals surface area contributed by atoms with Crippen LogP contribution in [0.15, 0.2) is 70.8 Å². The first-order valence-electron chi connectivity index (χ1n) is 9.16. The van der Waals surface area contributed by atoms with Gasteiger partial charge in [0.2, 0.25) is 5.91 Å². The molecule has 0 fully saturated rings. The van der Waals surface area contributed by atoms with E-state index < -0.39 is 0 Å². The van der Waals surface area contributed by atoms with E-state index in [9.17, 15) is 9.18 Å². The molecule has 0 atom stereocenters. The van der Waals surface area contributed by atoms with Crippen molar-refractivity contribution in [3.63, 3.8) is 0 Å². The molecule has 9 heteroatoms. The minimum atomic E-state index is -0.278. The number of amides is 1. The Hall–Kier alpha value is -2.93. The number of halogens is 1. The predicted octanol–water partition coefficient (Wildman–Crippen LogP) is 5.84. The first kappa shape index (κ1) is 21.3. The van der Waals surface area contributed by atoms with Gasteiger partial charge in [-0.25, -0.2) is 14.4 Å². The van der Waals surface area contributed by atoms with Gasteiger partial charge in [0.05, 0.1) is 33.5 Å². The summed E-state index contributed by atoms with van der Waals surface area (Å²) in [5, 5.41) is 12.4. The summed E-state index contributed by atoms with van der Waals surface area (Å²) in [6.45, 7) is 0. The van der Waals surface area contributed by atoms with E-state index in [1.54, 1.807) is 12.1 Å². The van der Waals surface area contributed by atoms with Gasteiger partial charge in [-0.2, -0.15) is 5.26 Å². The topological polar surface area (TPSA) is 78.7 Å². The summed E-state index contributed by atoms with van der Waals surface area (Å²) in [6, 6.07) is 17.8. The lowest BCUT2D eigenvalue weighted by Crippen LogP contribution is -2.14. The Bertz CT molecular complexity index is 1270. The van der Waals surface area contributed by atoms with Gasteiger partial charge in [-0.3, -0.25) is 4.79 Å². The smallest absolute Gasteiger partial charge is 0.234 e. The van der Waals surface area contributed by atoms with Gasteiger partial charge in [-0.1, -0.05) is 36.0 Å². The van der Waals surface area contributed by atoms with Gasteiger partial charge in [0, 0.05) is 9.77 Å². The molecule has 0 saturated heterocycles. The lowest BCUT2D eigenvalue weighted by atomic mass is 10.2. The fourth-order valence-electron chi connectivity index (χ4n) is 2.82. The molecule has 2 aromatic heterocycles. The normalized spacial score (nSPS) is 10.7. The van der Waals surface area contributed by atoms with Crippen molar-refractivity contribution in [1.29, 1.82) is 5.26 Å². The summed E-state index contributed by atoms with van der Waals surface area (Å²) in [6.07, 6.45) is 1.48. The molecule has 0 aliphatic carbocycles. The van der Waals surface area contributed by atoms with Crippen molar-refractivity contribution in [2.75, 3.05) is 16.8 Å². The Labute approximate surface area is 190 Å². The average molecular weight is 467 g/mol. The van der Waals surface area contributed by atoms with Crippen LogP contribution < -0.4 is 5.32 Å². The quantitative estimate of drug-likeness (QED) is 0.272. The molecule has 154 valence electrons. The Morgan fingerprint density at radius 3 is 2.74 bits per heavy atom. The molecule has 0 unspecified atom stereocenters. The molecule has 1 amide bonds. The first-order chi connectivity index (χ1) is 15.1. The van der Waals surface area contributed by atoms with Crippen LogP contribution in [0.1, 0.15) is 0 Å². The van der Waals surface area contributed by atoms with Crippen LogP contribution in [0, 0.1) is 17.1 Å². The standard InChI is InChI=1S/C22H15FN4OS3/c23-15-7-5-14(6-8-15)19-11-17-21(31-19)22(26-13-25-17)30-12-20(28)27-16-3-1-2-4-18(16)29-10-9-24/h1-8,11,13H,10,12H2,(H,27,28). The van der Waals surface area contributed by atoms with Crippen LogP contribution >= 0.6 is 34.9 Å². The van der Waals surface area contributed by atoms with Crippen LogP contribution in [0.4, 0.5) is 10.1 Å². The maximum absolute atomic E-state index is 13.2. The molecule has 0 radical (unpaired) electrons. The summed E-state index contributed by atoms with van der Waals surface area (Å²) in [5.41, 5.74) is 2.39. The molecule has 2 aromatic carbocycles. The molecule has 4 aromatic rings. The number of thiophene rings is 1. The van der Waals surface area contributed by atoms with E-state index in [2.05, 4.69) is 21.4 Å². The molecule has 2 heterocycles. The maximum atomic E-state index is 13.2. The van der Waals surface area contributed by atoms with Crippen molar-refractivity contribution in [1.82, 2.24) is 9.97 Å². The Balaban J connectivity index is 1.47. The van der Waals surface area contributed by atoms with E-state index >= 15 is 0 Å². The number of carbonyl (C=O) groups is 1. The van der Waals surface area contributed by atoms with E-state index in [-0.39, 0.29) is 17.5 Å². The number of anilines is 1. The summed E-state index contributed by atoms with van der Waals surface area (Å²) in [5.74, 6) is 0.0687. The van der Waals surface area contributed by atoms with Gasteiger partial charge in [0.1, 0.15) is 17.2 Å². The number of benzene rings is 2. The highest BCUT2D eigenvalue weighted by molar-refractivity contribution is 8.00. The summed E-state index contributed by atoms with van der Waals surface area (Å²) < 4.78 is 14.1. The number of aromatic nitrogens is 2. The second-order valence-corrected chi connectivity index (χ2v) is 9.32. The highest BCUT2D eigenvalue weighted by atomic mass is 32.2. The lowest BCUT2D eigenvalue weighted by Gasteiger charge is -2.09. The van der Waals surface area contributed by atoms with E-state index in [4.69, 9.17) is 5.26 Å². The molecule has 5 nitrogen and oxygen atoms in total. The average Bonchev–Trinajstić information content (AvgIpc) is 3.22. The highest BCUT2D eigenvalue weighted by Gasteiger charge is 2.13. The van der Waals surface area contributed by atoms with Gasteiger partial charge in [-0.05, 0) is 35.9 Å². The molecule has 4 rings (SSSR count). The zero-order chi connectivity index (χ0) is 21.6. The second kappa shape index (κ2) is 9.92. The Morgan fingerprint density at radius 2 is 1.94 bits per heavy atom. The van der Waals surface area contributed by atoms with Crippen LogP contribution in [0.3, 0.4) is 0 Å². The molecular weight excluding hydrogens is 451 g/mol. The van der Waals surface area contributed by atoms with Gasteiger partial charge in [-0.15, -0.1) is 23.1 Å². The second-order valence-electron chi connectivity index (χ2n) is 6.29. The van der Waals surface area contributed by atoms with Gasteiger partial charge in [0.25, 0.3) is 0 Å². The maximum Gasteiger partial charge on any atom is 0.234 e. The van der Waals surface area contributed by atoms with Crippen LogP contribution in [-0.4, -0.2) is 27.4 Å². The van der Waals surface area contributed by atoms with E-state index in [1.807, 2.05) is 30.3 Å². The molecular formula is C22H15FN4OS3. The lowest BCUT2D eigenvalue weighted by molar-refractivity contribution is -0.113. The predicted molar refractivity (Wildman–Crippen MR) is 125 cm³/mol. The zero-order valence-corrected chi connectivity index (χ0v) is 18.5. The van der Waals surface area contributed by atoms with Crippen molar-refractivity contribution in [2.24, 2.45) is 0 Å². The molecule has 1 N–H and O–H groups in total. The number of carbonyl (C=O) groups excluding carboxylic acids is 1. The third-order valence-electron chi connectivity index (χ3n) is 4.20. The van der Waals surface area contributed by atoms with E-state index in [1.165, 1.54) is 53.3 Å². The van der Waals surface area contributed by atoms with Crippen molar-refractivity contribution in [3.8, 4) is 16.5 Å². The van der Waals surface area contributed by atoms with Crippen molar-refractivity contribution in [2.45, 2.75) is 9.92 Å². The Morgan fingerprint density at radius 1 is 1.13 bits per heavy atom.